The van der Waals surface area contributed by atoms with Crippen LogP contribution in [0.15, 0.2) is 24.4 Å². The van der Waals surface area contributed by atoms with E-state index in [1.807, 2.05) is 6.20 Å². The monoisotopic (exact) mass is 299 g/mol. The highest BCUT2D eigenvalue weighted by molar-refractivity contribution is 5.64. The first-order valence-electron chi connectivity index (χ1n) is 8.53. The van der Waals surface area contributed by atoms with Crippen LogP contribution in [-0.2, 0) is 6.54 Å². The molecule has 0 saturated carbocycles. The number of nitrogens with zero attached hydrogens (tertiary/aromatic N) is 1. The summed E-state index contributed by atoms with van der Waals surface area (Å²) in [6.07, 6.45) is 8.56. The fourth-order valence-corrected chi connectivity index (χ4v) is 2.67. The predicted octanol–water partition coefficient (Wildman–Crippen LogP) is 4.75. The third-order valence-corrected chi connectivity index (χ3v) is 4.29. The number of hydrogen-bond acceptors (Lipinski definition) is 2. The highest BCUT2D eigenvalue weighted by Gasteiger charge is 2.08. The van der Waals surface area contributed by atoms with Crippen molar-refractivity contribution in [3.63, 3.8) is 0 Å². The van der Waals surface area contributed by atoms with Gasteiger partial charge in [0, 0.05) is 17.7 Å². The highest BCUT2D eigenvalue weighted by atomic mass is 15.1. The van der Waals surface area contributed by atoms with Gasteiger partial charge in [0.2, 0.25) is 0 Å². The Morgan fingerprint density at radius 3 is 2.64 bits per heavy atom. The lowest BCUT2D eigenvalue weighted by molar-refractivity contribution is 0.584. The Hall–Kier alpha value is -1.61. The second kappa shape index (κ2) is 8.74. The first kappa shape index (κ1) is 16.8. The van der Waals surface area contributed by atoms with Crippen molar-refractivity contribution in [3.05, 3.63) is 41.1 Å². The lowest BCUT2D eigenvalue weighted by Crippen LogP contribution is -2.14. The molecule has 3 nitrogen and oxygen atoms in total. The van der Waals surface area contributed by atoms with E-state index >= 15 is 0 Å². The van der Waals surface area contributed by atoms with Gasteiger partial charge in [-0.1, -0.05) is 44.7 Å². The Kier molecular flexibility index (Phi) is 6.66. The van der Waals surface area contributed by atoms with Gasteiger partial charge >= 0.3 is 0 Å². The highest BCUT2D eigenvalue weighted by Crippen LogP contribution is 2.23. The summed E-state index contributed by atoms with van der Waals surface area (Å²) in [5, 5.41) is 10.9. The van der Waals surface area contributed by atoms with Gasteiger partial charge in [0.05, 0.1) is 11.9 Å². The van der Waals surface area contributed by atoms with Crippen LogP contribution in [-0.4, -0.2) is 16.7 Å². The van der Waals surface area contributed by atoms with Crippen molar-refractivity contribution in [2.45, 2.75) is 59.4 Å². The molecule has 1 aromatic carbocycles. The summed E-state index contributed by atoms with van der Waals surface area (Å²) in [5.74, 6) is 0. The minimum absolute atomic E-state index is 0.881. The SMILES string of the molecule is CCCCCCCNCc1cn[nH]c1-c1ccc(C)c(C)c1. The molecule has 2 aromatic rings. The van der Waals surface area contributed by atoms with Crippen molar-refractivity contribution >= 4 is 0 Å². The van der Waals surface area contributed by atoms with Gasteiger partial charge in [-0.3, -0.25) is 5.10 Å². The van der Waals surface area contributed by atoms with E-state index in [1.54, 1.807) is 0 Å². The Balaban J connectivity index is 1.86. The minimum Gasteiger partial charge on any atom is -0.313 e. The van der Waals surface area contributed by atoms with Crippen LogP contribution in [0.3, 0.4) is 0 Å². The van der Waals surface area contributed by atoms with Gasteiger partial charge in [-0.25, -0.2) is 0 Å². The van der Waals surface area contributed by atoms with Crippen LogP contribution in [0.5, 0.6) is 0 Å². The van der Waals surface area contributed by atoms with Crippen LogP contribution < -0.4 is 5.32 Å². The molecule has 120 valence electrons. The van der Waals surface area contributed by atoms with Crippen LogP contribution in [0, 0.1) is 13.8 Å². The molecule has 0 atom stereocenters. The molecule has 0 fully saturated rings. The van der Waals surface area contributed by atoms with E-state index in [1.165, 1.54) is 54.4 Å². The summed E-state index contributed by atoms with van der Waals surface area (Å²) in [5.41, 5.74) is 6.26. The van der Waals surface area contributed by atoms with Gasteiger partial charge < -0.3 is 5.32 Å². The fraction of sp³-hybridized carbons (Fsp3) is 0.526. The average Bonchev–Trinajstić information content (AvgIpc) is 2.97. The number of nitrogens with one attached hydrogen (secondary N) is 2. The van der Waals surface area contributed by atoms with Crippen LogP contribution in [0.25, 0.3) is 11.3 Å². The number of aromatic amines is 1. The Morgan fingerprint density at radius 1 is 1.05 bits per heavy atom. The standard InChI is InChI=1S/C19H29N3/c1-4-5-6-7-8-11-20-13-18-14-21-22-19(18)17-10-9-15(2)16(3)12-17/h9-10,12,14,20H,4-8,11,13H2,1-3H3,(H,21,22). The fourth-order valence-electron chi connectivity index (χ4n) is 2.67. The second-order valence-electron chi connectivity index (χ2n) is 6.16. The molecular formula is C19H29N3. The van der Waals surface area contributed by atoms with Crippen LogP contribution in [0.1, 0.15) is 55.7 Å². The average molecular weight is 299 g/mol. The van der Waals surface area contributed by atoms with Gasteiger partial charge in [0.15, 0.2) is 0 Å². The number of unbranched alkanes of at least 4 members (excludes halogenated alkanes) is 4. The number of rotatable bonds is 9. The molecule has 2 rings (SSSR count). The maximum Gasteiger partial charge on any atom is 0.0695 e. The summed E-state index contributed by atoms with van der Waals surface area (Å²) in [4.78, 5) is 0. The molecule has 0 bridgehead atoms. The topological polar surface area (TPSA) is 40.7 Å². The van der Waals surface area contributed by atoms with Crippen LogP contribution in [0.4, 0.5) is 0 Å². The molecule has 0 saturated heterocycles. The quantitative estimate of drug-likeness (QED) is 0.656. The van der Waals surface area contributed by atoms with Gasteiger partial charge in [-0.05, 0) is 44.0 Å². The molecular weight excluding hydrogens is 270 g/mol. The van der Waals surface area contributed by atoms with Crippen molar-refractivity contribution in [1.29, 1.82) is 0 Å². The molecule has 0 radical (unpaired) electrons. The molecule has 22 heavy (non-hydrogen) atoms. The molecule has 0 unspecified atom stereocenters. The van der Waals surface area contributed by atoms with E-state index in [2.05, 4.69) is 54.5 Å². The van der Waals surface area contributed by atoms with Gasteiger partial charge in [0.1, 0.15) is 0 Å². The molecule has 3 heteroatoms. The molecule has 0 aliphatic rings. The van der Waals surface area contributed by atoms with Crippen LogP contribution in [0.2, 0.25) is 0 Å². The smallest absolute Gasteiger partial charge is 0.0695 e. The van der Waals surface area contributed by atoms with Crippen LogP contribution >= 0.6 is 0 Å². The van der Waals surface area contributed by atoms with Crippen molar-refractivity contribution in [2.75, 3.05) is 6.54 Å². The summed E-state index contributed by atoms with van der Waals surface area (Å²) in [7, 11) is 0. The molecule has 2 N–H and O–H groups in total. The third-order valence-electron chi connectivity index (χ3n) is 4.29. The number of aryl methyl sites for hydroxylation is 2. The lowest BCUT2D eigenvalue weighted by Gasteiger charge is -2.08. The van der Waals surface area contributed by atoms with Gasteiger partial charge in [-0.2, -0.15) is 5.10 Å². The number of benzene rings is 1. The molecule has 0 spiro atoms. The molecule has 0 amide bonds. The van der Waals surface area contributed by atoms with Crippen molar-refractivity contribution in [2.24, 2.45) is 0 Å². The van der Waals surface area contributed by atoms with E-state index < -0.39 is 0 Å². The minimum atomic E-state index is 0.881. The van der Waals surface area contributed by atoms with Gasteiger partial charge in [-0.15, -0.1) is 0 Å². The number of hydrogen-bond donors (Lipinski definition) is 2. The van der Waals surface area contributed by atoms with E-state index in [9.17, 15) is 0 Å². The van der Waals surface area contributed by atoms with Crippen molar-refractivity contribution in [3.8, 4) is 11.3 Å². The first-order valence-corrected chi connectivity index (χ1v) is 8.53. The molecule has 1 heterocycles. The first-order chi connectivity index (χ1) is 10.7. The molecule has 0 aliphatic heterocycles. The zero-order valence-electron chi connectivity index (χ0n) is 14.2. The van der Waals surface area contributed by atoms with E-state index in [-0.39, 0.29) is 0 Å². The summed E-state index contributed by atoms with van der Waals surface area (Å²) >= 11 is 0. The number of H-pyrrole nitrogens is 1. The van der Waals surface area contributed by atoms with Gasteiger partial charge in [0.25, 0.3) is 0 Å². The Bertz CT molecular complexity index is 572. The largest absolute Gasteiger partial charge is 0.313 e. The van der Waals surface area contributed by atoms with E-state index in [0.29, 0.717) is 0 Å². The zero-order chi connectivity index (χ0) is 15.8. The third kappa shape index (κ3) is 4.70. The maximum atomic E-state index is 4.23. The zero-order valence-corrected chi connectivity index (χ0v) is 14.2. The summed E-state index contributed by atoms with van der Waals surface area (Å²) in [6, 6.07) is 6.58. The van der Waals surface area contributed by atoms with Crippen molar-refractivity contribution in [1.82, 2.24) is 15.5 Å². The summed E-state index contributed by atoms with van der Waals surface area (Å²) < 4.78 is 0. The molecule has 0 aliphatic carbocycles. The normalized spacial score (nSPS) is 11.0. The molecule has 1 aromatic heterocycles. The lowest BCUT2D eigenvalue weighted by atomic mass is 10.0. The summed E-state index contributed by atoms with van der Waals surface area (Å²) in [6.45, 7) is 8.52. The Morgan fingerprint density at radius 2 is 1.86 bits per heavy atom. The van der Waals surface area contributed by atoms with E-state index in [4.69, 9.17) is 0 Å². The maximum absolute atomic E-state index is 4.23. The van der Waals surface area contributed by atoms with E-state index in [0.717, 1.165) is 18.8 Å². The van der Waals surface area contributed by atoms with Crippen molar-refractivity contribution < 1.29 is 0 Å². The Labute approximate surface area is 134 Å². The predicted molar refractivity (Wildman–Crippen MR) is 94.0 cm³/mol. The number of aromatic nitrogens is 2. The second-order valence-corrected chi connectivity index (χ2v) is 6.16.